The Morgan fingerprint density at radius 3 is 2.23 bits per heavy atom. The van der Waals surface area contributed by atoms with Gasteiger partial charge in [0.1, 0.15) is 5.75 Å². The van der Waals surface area contributed by atoms with E-state index in [2.05, 4.69) is 13.8 Å². The van der Waals surface area contributed by atoms with Crippen molar-refractivity contribution in [1.29, 1.82) is 0 Å². The summed E-state index contributed by atoms with van der Waals surface area (Å²) < 4.78 is 10.8. The summed E-state index contributed by atoms with van der Waals surface area (Å²) in [6.07, 6.45) is 3.74. The highest BCUT2D eigenvalue weighted by Gasteiger charge is 2.25. The van der Waals surface area contributed by atoms with Crippen molar-refractivity contribution in [3.05, 3.63) is 29.8 Å². The average Bonchev–Trinajstić information content (AvgIpc) is 2.67. The Hall–Kier alpha value is -2.24. The Kier molecular flexibility index (Phi) is 8.25. The summed E-state index contributed by atoms with van der Waals surface area (Å²) in [4.78, 5) is 27.6. The molecule has 0 N–H and O–H groups in total. The number of benzene rings is 1. The van der Waals surface area contributed by atoms with Crippen LogP contribution >= 0.6 is 0 Å². The van der Waals surface area contributed by atoms with Crippen LogP contribution in [-0.4, -0.2) is 61.2 Å². The van der Waals surface area contributed by atoms with Crippen molar-refractivity contribution in [3.8, 4) is 5.75 Å². The summed E-state index contributed by atoms with van der Waals surface area (Å²) in [5, 5.41) is 0. The quantitative estimate of drug-likeness (QED) is 0.667. The highest BCUT2D eigenvalue weighted by Crippen LogP contribution is 2.14. The minimum Gasteiger partial charge on any atom is -0.484 e. The summed E-state index contributed by atoms with van der Waals surface area (Å²) in [7, 11) is 0. The van der Waals surface area contributed by atoms with Crippen molar-refractivity contribution in [1.82, 2.24) is 9.80 Å². The molecule has 0 aromatic heterocycles. The van der Waals surface area contributed by atoms with Gasteiger partial charge in [0.15, 0.2) is 6.61 Å². The summed E-state index contributed by atoms with van der Waals surface area (Å²) in [6.45, 7) is 6.72. The molecule has 1 aromatic carbocycles. The zero-order valence-electron chi connectivity index (χ0n) is 15.9. The van der Waals surface area contributed by atoms with Crippen molar-refractivity contribution in [2.75, 3.05) is 39.4 Å². The minimum absolute atomic E-state index is 0.0219. The predicted octanol–water partition coefficient (Wildman–Crippen LogP) is 3.10. The zero-order chi connectivity index (χ0) is 18.8. The van der Waals surface area contributed by atoms with E-state index in [1.807, 2.05) is 24.3 Å². The fourth-order valence-corrected chi connectivity index (χ4v) is 2.81. The molecule has 0 radical (unpaired) electrons. The number of hydrogen-bond donors (Lipinski definition) is 0. The van der Waals surface area contributed by atoms with Crippen LogP contribution in [0.25, 0.3) is 0 Å². The molecule has 1 heterocycles. The Balaban J connectivity index is 1.70. The molecular weight excluding hydrogens is 332 g/mol. The van der Waals surface area contributed by atoms with Gasteiger partial charge >= 0.3 is 6.09 Å². The van der Waals surface area contributed by atoms with Crippen molar-refractivity contribution >= 4 is 12.0 Å². The van der Waals surface area contributed by atoms with Gasteiger partial charge < -0.3 is 19.3 Å². The molecule has 1 fully saturated rings. The van der Waals surface area contributed by atoms with Crippen LogP contribution in [-0.2, 0) is 16.0 Å². The van der Waals surface area contributed by atoms with Gasteiger partial charge in [-0.05, 0) is 30.5 Å². The lowest BCUT2D eigenvalue weighted by Crippen LogP contribution is -2.51. The maximum absolute atomic E-state index is 12.3. The first-order chi connectivity index (χ1) is 12.6. The van der Waals surface area contributed by atoms with Crippen LogP contribution in [0.1, 0.15) is 38.7 Å². The van der Waals surface area contributed by atoms with Crippen LogP contribution < -0.4 is 4.74 Å². The number of aryl methyl sites for hydroxylation is 1. The molecule has 2 amide bonds. The van der Waals surface area contributed by atoms with Gasteiger partial charge in [0, 0.05) is 26.2 Å². The van der Waals surface area contributed by atoms with Gasteiger partial charge in [0.2, 0.25) is 0 Å². The third-order valence-corrected chi connectivity index (χ3v) is 4.44. The topological polar surface area (TPSA) is 59.1 Å². The third kappa shape index (κ3) is 6.24. The molecule has 0 unspecified atom stereocenters. The van der Waals surface area contributed by atoms with E-state index in [1.165, 1.54) is 5.56 Å². The normalized spacial score (nSPS) is 14.2. The highest BCUT2D eigenvalue weighted by atomic mass is 16.6. The molecule has 0 bridgehead atoms. The summed E-state index contributed by atoms with van der Waals surface area (Å²) in [5.74, 6) is 0.651. The van der Waals surface area contributed by atoms with Gasteiger partial charge in [-0.15, -0.1) is 0 Å². The average molecular weight is 362 g/mol. The SMILES string of the molecule is CCCCOC(=O)N1CCN(C(=O)COc2ccc(CCC)cc2)CC1. The van der Waals surface area contributed by atoms with Crippen LogP contribution in [0.4, 0.5) is 4.79 Å². The standard InChI is InChI=1S/C20H30N2O4/c1-3-5-15-25-20(24)22-13-11-21(12-14-22)19(23)16-26-18-9-7-17(6-4-2)8-10-18/h7-10H,3-6,11-16H2,1-2H3. The van der Waals surface area contributed by atoms with E-state index in [0.29, 0.717) is 38.5 Å². The van der Waals surface area contributed by atoms with E-state index < -0.39 is 0 Å². The number of piperazine rings is 1. The lowest BCUT2D eigenvalue weighted by Gasteiger charge is -2.34. The van der Waals surface area contributed by atoms with E-state index in [-0.39, 0.29) is 18.6 Å². The van der Waals surface area contributed by atoms with Crippen LogP contribution in [0.5, 0.6) is 5.75 Å². The lowest BCUT2D eigenvalue weighted by atomic mass is 10.1. The molecule has 2 rings (SSSR count). The zero-order valence-corrected chi connectivity index (χ0v) is 15.9. The van der Waals surface area contributed by atoms with Crippen LogP contribution in [0, 0.1) is 0 Å². The molecule has 0 aliphatic carbocycles. The largest absolute Gasteiger partial charge is 0.484 e. The molecule has 1 aliphatic heterocycles. The van der Waals surface area contributed by atoms with Crippen molar-refractivity contribution in [2.24, 2.45) is 0 Å². The second-order valence-corrected chi connectivity index (χ2v) is 6.52. The maximum atomic E-state index is 12.3. The Labute approximate surface area is 156 Å². The van der Waals surface area contributed by atoms with Gasteiger partial charge in [-0.3, -0.25) is 4.79 Å². The van der Waals surface area contributed by atoms with Gasteiger partial charge in [-0.1, -0.05) is 38.8 Å². The van der Waals surface area contributed by atoms with Crippen LogP contribution in [0.15, 0.2) is 24.3 Å². The number of nitrogens with zero attached hydrogens (tertiary/aromatic N) is 2. The molecule has 1 aromatic rings. The fraction of sp³-hybridized carbons (Fsp3) is 0.600. The summed E-state index contributed by atoms with van der Waals surface area (Å²) >= 11 is 0. The smallest absolute Gasteiger partial charge is 0.409 e. The fourth-order valence-electron chi connectivity index (χ4n) is 2.81. The van der Waals surface area contributed by atoms with Crippen LogP contribution in [0.3, 0.4) is 0 Å². The number of hydrogen-bond acceptors (Lipinski definition) is 4. The predicted molar refractivity (Wildman–Crippen MR) is 100 cm³/mol. The second kappa shape index (κ2) is 10.7. The molecule has 0 spiro atoms. The molecule has 0 saturated carbocycles. The molecular formula is C20H30N2O4. The first kappa shape index (κ1) is 20.1. The third-order valence-electron chi connectivity index (χ3n) is 4.44. The molecule has 6 nitrogen and oxygen atoms in total. The highest BCUT2D eigenvalue weighted by molar-refractivity contribution is 5.78. The van der Waals surface area contributed by atoms with Gasteiger partial charge in [-0.25, -0.2) is 4.79 Å². The maximum Gasteiger partial charge on any atom is 0.409 e. The Morgan fingerprint density at radius 1 is 0.962 bits per heavy atom. The van der Waals surface area contributed by atoms with Gasteiger partial charge in [0.05, 0.1) is 6.61 Å². The van der Waals surface area contributed by atoms with Gasteiger partial charge in [0.25, 0.3) is 5.91 Å². The van der Waals surface area contributed by atoms with Crippen molar-refractivity contribution in [3.63, 3.8) is 0 Å². The molecule has 1 aliphatic rings. The number of amides is 2. The van der Waals surface area contributed by atoms with E-state index in [9.17, 15) is 9.59 Å². The van der Waals surface area contributed by atoms with Crippen molar-refractivity contribution in [2.45, 2.75) is 39.5 Å². The molecule has 6 heteroatoms. The molecule has 0 atom stereocenters. The number of carbonyl (C=O) groups excluding carboxylic acids is 2. The number of unbranched alkanes of at least 4 members (excludes halogenated alkanes) is 1. The summed E-state index contributed by atoms with van der Waals surface area (Å²) in [6, 6.07) is 7.88. The van der Waals surface area contributed by atoms with Crippen molar-refractivity contribution < 1.29 is 19.1 Å². The minimum atomic E-state index is -0.283. The van der Waals surface area contributed by atoms with E-state index in [1.54, 1.807) is 9.80 Å². The van der Waals surface area contributed by atoms with E-state index in [4.69, 9.17) is 9.47 Å². The molecule has 144 valence electrons. The summed E-state index contributed by atoms with van der Waals surface area (Å²) in [5.41, 5.74) is 1.27. The first-order valence-electron chi connectivity index (χ1n) is 9.55. The van der Waals surface area contributed by atoms with Gasteiger partial charge in [-0.2, -0.15) is 0 Å². The number of ether oxygens (including phenoxy) is 2. The van der Waals surface area contributed by atoms with Crippen LogP contribution in [0.2, 0.25) is 0 Å². The number of rotatable bonds is 8. The monoisotopic (exact) mass is 362 g/mol. The molecule has 26 heavy (non-hydrogen) atoms. The Bertz CT molecular complexity index is 566. The van der Waals surface area contributed by atoms with E-state index >= 15 is 0 Å². The van der Waals surface area contributed by atoms with E-state index in [0.717, 1.165) is 25.7 Å². The number of carbonyl (C=O) groups is 2. The Morgan fingerprint density at radius 2 is 1.62 bits per heavy atom. The first-order valence-corrected chi connectivity index (χ1v) is 9.55. The molecule has 1 saturated heterocycles. The lowest BCUT2D eigenvalue weighted by molar-refractivity contribution is -0.134. The second-order valence-electron chi connectivity index (χ2n) is 6.52.